The zero-order chi connectivity index (χ0) is 17.0. The summed E-state index contributed by atoms with van der Waals surface area (Å²) in [6, 6.07) is 6.04. The number of carbonyl (C=O) groups excluding carboxylic acids is 1. The first-order chi connectivity index (χ1) is 11.6. The molecule has 1 saturated heterocycles. The molecule has 24 heavy (non-hydrogen) atoms. The molecule has 0 bridgehead atoms. The molecule has 1 aromatic carbocycles. The van der Waals surface area contributed by atoms with Crippen LogP contribution in [0, 0.1) is 18.2 Å². The first-order valence-electron chi connectivity index (χ1n) is 8.14. The molecule has 2 heterocycles. The molecular weight excluding hydrogens is 309 g/mol. The number of rotatable bonds is 6. The number of ether oxygens (including phenoxy) is 1. The predicted octanol–water partition coefficient (Wildman–Crippen LogP) is 3.08. The van der Waals surface area contributed by atoms with Crippen LogP contribution in [0.5, 0.6) is 0 Å². The normalized spacial score (nSPS) is 21.3. The highest BCUT2D eigenvalue weighted by molar-refractivity contribution is 5.77. The van der Waals surface area contributed by atoms with E-state index >= 15 is 0 Å². The number of terminal acetylenes is 1. The van der Waals surface area contributed by atoms with E-state index in [9.17, 15) is 9.18 Å². The van der Waals surface area contributed by atoms with Crippen molar-refractivity contribution in [1.82, 2.24) is 4.90 Å². The van der Waals surface area contributed by atoms with Crippen LogP contribution in [0.15, 0.2) is 34.5 Å². The summed E-state index contributed by atoms with van der Waals surface area (Å²) in [6.07, 6.45) is 7.54. The topological polar surface area (TPSA) is 54.3 Å². The van der Waals surface area contributed by atoms with E-state index < -0.39 is 5.66 Å². The molecular formula is C18H20FN3O2. The van der Waals surface area contributed by atoms with Crippen molar-refractivity contribution >= 4 is 5.91 Å². The Morgan fingerprint density at radius 3 is 2.79 bits per heavy atom. The highest BCUT2D eigenvalue weighted by Crippen LogP contribution is 2.38. The Morgan fingerprint density at radius 1 is 1.38 bits per heavy atom. The Hall–Kier alpha value is -2.26. The largest absolute Gasteiger partial charge is 0.377 e. The summed E-state index contributed by atoms with van der Waals surface area (Å²) in [6.45, 7) is 1.47. The Bertz CT molecular complexity index is 660. The summed E-state index contributed by atoms with van der Waals surface area (Å²) >= 11 is 0. The quantitative estimate of drug-likeness (QED) is 0.753. The van der Waals surface area contributed by atoms with Gasteiger partial charge in [0.25, 0.3) is 0 Å². The summed E-state index contributed by atoms with van der Waals surface area (Å²) < 4.78 is 18.6. The molecule has 1 unspecified atom stereocenters. The van der Waals surface area contributed by atoms with Gasteiger partial charge in [0.15, 0.2) is 5.66 Å². The lowest BCUT2D eigenvalue weighted by Gasteiger charge is -2.36. The molecule has 3 rings (SSSR count). The molecule has 0 radical (unpaired) electrons. The maximum absolute atomic E-state index is 13.1. The van der Waals surface area contributed by atoms with E-state index in [2.05, 4.69) is 16.1 Å². The molecule has 1 aromatic rings. The lowest BCUT2D eigenvalue weighted by atomic mass is 10.00. The minimum atomic E-state index is -0.445. The van der Waals surface area contributed by atoms with Gasteiger partial charge in [-0.2, -0.15) is 10.2 Å². The smallest absolute Gasteiger partial charge is 0.223 e. The fourth-order valence-electron chi connectivity index (χ4n) is 2.98. The molecule has 2 aliphatic heterocycles. The second kappa shape index (κ2) is 7.10. The van der Waals surface area contributed by atoms with Gasteiger partial charge < -0.3 is 9.64 Å². The fourth-order valence-corrected chi connectivity index (χ4v) is 2.98. The van der Waals surface area contributed by atoms with Gasteiger partial charge in [-0.1, -0.05) is 12.1 Å². The monoisotopic (exact) mass is 329 g/mol. The van der Waals surface area contributed by atoms with Gasteiger partial charge in [-0.25, -0.2) is 4.39 Å². The molecule has 0 N–H and O–H groups in total. The standard InChI is InChI=1S/C18H20FN3O2/c1-2-3-9-18(20-21-18)10-8-17(23)22-11-12-24-13-16(22)14-4-6-15(19)7-5-14/h1,4-7,16H,3,8-13H2. The van der Waals surface area contributed by atoms with Crippen molar-refractivity contribution in [3.8, 4) is 12.3 Å². The second-order valence-electron chi connectivity index (χ2n) is 6.12. The lowest BCUT2D eigenvalue weighted by molar-refractivity contribution is -0.140. The number of hydrogen-bond acceptors (Lipinski definition) is 4. The molecule has 0 aromatic heterocycles. The van der Waals surface area contributed by atoms with Crippen LogP contribution in [0.3, 0.4) is 0 Å². The van der Waals surface area contributed by atoms with Crippen molar-refractivity contribution in [2.75, 3.05) is 19.8 Å². The third kappa shape index (κ3) is 3.80. The fraction of sp³-hybridized carbons (Fsp3) is 0.500. The van der Waals surface area contributed by atoms with Crippen molar-refractivity contribution in [3.63, 3.8) is 0 Å². The highest BCUT2D eigenvalue weighted by Gasteiger charge is 2.40. The van der Waals surface area contributed by atoms with Gasteiger partial charge in [0.1, 0.15) is 5.82 Å². The zero-order valence-electron chi connectivity index (χ0n) is 13.4. The lowest BCUT2D eigenvalue weighted by Crippen LogP contribution is -2.43. The van der Waals surface area contributed by atoms with Gasteiger partial charge in [0, 0.05) is 32.2 Å². The number of benzene rings is 1. The van der Waals surface area contributed by atoms with Crippen LogP contribution < -0.4 is 0 Å². The average Bonchev–Trinajstić information content (AvgIpc) is 3.39. The van der Waals surface area contributed by atoms with Crippen LogP contribution >= 0.6 is 0 Å². The Kier molecular flexibility index (Phi) is 4.91. The number of morpholine rings is 1. The van der Waals surface area contributed by atoms with E-state index in [1.165, 1.54) is 12.1 Å². The van der Waals surface area contributed by atoms with Crippen molar-refractivity contribution < 1.29 is 13.9 Å². The van der Waals surface area contributed by atoms with Gasteiger partial charge in [-0.05, 0) is 17.7 Å². The minimum absolute atomic E-state index is 0.0463. The maximum atomic E-state index is 13.1. The van der Waals surface area contributed by atoms with Crippen LogP contribution in [0.2, 0.25) is 0 Å². The van der Waals surface area contributed by atoms with Crippen LogP contribution in [0.1, 0.15) is 37.3 Å². The van der Waals surface area contributed by atoms with Gasteiger partial charge in [0.05, 0.1) is 19.3 Å². The van der Waals surface area contributed by atoms with Gasteiger partial charge in [-0.15, -0.1) is 12.3 Å². The third-order valence-corrected chi connectivity index (χ3v) is 4.50. The number of amides is 1. The van der Waals surface area contributed by atoms with E-state index in [4.69, 9.17) is 11.2 Å². The molecule has 126 valence electrons. The van der Waals surface area contributed by atoms with Crippen molar-refractivity contribution in [2.24, 2.45) is 10.2 Å². The highest BCUT2D eigenvalue weighted by atomic mass is 19.1. The molecule has 2 aliphatic rings. The van der Waals surface area contributed by atoms with Crippen LogP contribution in [0.4, 0.5) is 4.39 Å². The number of carbonyl (C=O) groups is 1. The van der Waals surface area contributed by atoms with Crippen molar-refractivity contribution in [3.05, 3.63) is 35.6 Å². The molecule has 6 heteroatoms. The van der Waals surface area contributed by atoms with E-state index in [1.54, 1.807) is 12.1 Å². The van der Waals surface area contributed by atoms with Crippen LogP contribution in [-0.4, -0.2) is 36.2 Å². The zero-order valence-corrected chi connectivity index (χ0v) is 13.4. The van der Waals surface area contributed by atoms with Crippen LogP contribution in [0.25, 0.3) is 0 Å². The van der Waals surface area contributed by atoms with Gasteiger partial charge in [0.2, 0.25) is 5.91 Å². The van der Waals surface area contributed by atoms with E-state index in [-0.39, 0.29) is 17.8 Å². The molecule has 0 saturated carbocycles. The summed E-state index contributed by atoms with van der Waals surface area (Å²) in [5.41, 5.74) is 0.437. The summed E-state index contributed by atoms with van der Waals surface area (Å²) in [5, 5.41) is 8.14. The summed E-state index contributed by atoms with van der Waals surface area (Å²) in [4.78, 5) is 14.5. The molecule has 0 spiro atoms. The Balaban J connectivity index is 1.61. The molecule has 1 fully saturated rings. The summed E-state index contributed by atoms with van der Waals surface area (Å²) in [5.74, 6) is 2.34. The molecule has 1 amide bonds. The van der Waals surface area contributed by atoms with E-state index in [0.717, 1.165) is 5.56 Å². The van der Waals surface area contributed by atoms with Crippen LogP contribution in [-0.2, 0) is 9.53 Å². The first-order valence-corrected chi connectivity index (χ1v) is 8.14. The Morgan fingerprint density at radius 2 is 2.12 bits per heavy atom. The van der Waals surface area contributed by atoms with Gasteiger partial charge >= 0.3 is 0 Å². The number of hydrogen-bond donors (Lipinski definition) is 0. The van der Waals surface area contributed by atoms with Gasteiger partial charge in [-0.3, -0.25) is 4.79 Å². The maximum Gasteiger partial charge on any atom is 0.223 e. The van der Waals surface area contributed by atoms with Crippen molar-refractivity contribution in [2.45, 2.75) is 37.4 Å². The first kappa shape index (κ1) is 16.6. The Labute approximate surface area is 140 Å². The molecule has 1 atom stereocenters. The third-order valence-electron chi connectivity index (χ3n) is 4.50. The predicted molar refractivity (Wildman–Crippen MR) is 86.6 cm³/mol. The minimum Gasteiger partial charge on any atom is -0.377 e. The molecule has 5 nitrogen and oxygen atoms in total. The SMILES string of the molecule is C#CCCC1(CCC(=O)N2CCOCC2c2ccc(F)cc2)N=N1. The van der Waals surface area contributed by atoms with Crippen molar-refractivity contribution in [1.29, 1.82) is 0 Å². The summed E-state index contributed by atoms with van der Waals surface area (Å²) in [7, 11) is 0. The average molecular weight is 329 g/mol. The second-order valence-corrected chi connectivity index (χ2v) is 6.12. The van der Waals surface area contributed by atoms with E-state index in [0.29, 0.717) is 45.4 Å². The molecule has 0 aliphatic carbocycles. The number of nitrogens with zero attached hydrogens (tertiary/aromatic N) is 3. The number of halogens is 1. The van der Waals surface area contributed by atoms with E-state index in [1.807, 2.05) is 4.90 Å².